The summed E-state index contributed by atoms with van der Waals surface area (Å²) >= 11 is 0. The smallest absolute Gasteiger partial charge is 0.220 e. The first-order valence-electron chi connectivity index (χ1n) is 8.89. The molecule has 1 aliphatic carbocycles. The van der Waals surface area contributed by atoms with Gasteiger partial charge in [0.1, 0.15) is 12.0 Å². The molecule has 1 aliphatic heterocycles. The molecule has 10 heteroatoms. The number of rotatable bonds is 6. The van der Waals surface area contributed by atoms with Gasteiger partial charge < -0.3 is 14.7 Å². The van der Waals surface area contributed by atoms with Gasteiger partial charge in [0.05, 0.1) is 5.69 Å². The summed E-state index contributed by atoms with van der Waals surface area (Å²) in [5, 5.41) is 7.21. The second-order valence-corrected chi connectivity index (χ2v) is 8.68. The summed E-state index contributed by atoms with van der Waals surface area (Å²) in [6.07, 6.45) is 5.06. The van der Waals surface area contributed by atoms with Crippen molar-refractivity contribution < 1.29 is 12.9 Å². The summed E-state index contributed by atoms with van der Waals surface area (Å²) in [5.41, 5.74) is 0.440. The number of nitrogens with zero attached hydrogens (tertiary/aromatic N) is 4. The second kappa shape index (κ2) is 9.36. The zero-order valence-electron chi connectivity index (χ0n) is 15.3. The van der Waals surface area contributed by atoms with E-state index in [0.29, 0.717) is 37.9 Å². The molecule has 8 nitrogen and oxygen atoms in total. The standard InChI is InChI=1S/C16H27N5O3S.HI/c1-3-4-13-11-15(13)18-16(17-2)20-6-8-21(9-7-20)25(22,23)12-14-5-10-24-19-14;/h5,10,13,15H,3-4,6-9,11-12H2,1-2H3,(H,17,18);1H. The SMILES string of the molecule is CCCC1CC1NC(=NC)N1CCN(S(=O)(=O)Cc2ccon2)CC1.I. The van der Waals surface area contributed by atoms with Crippen LogP contribution in [0.5, 0.6) is 0 Å². The van der Waals surface area contributed by atoms with Crippen LogP contribution in [0.2, 0.25) is 0 Å². The van der Waals surface area contributed by atoms with Gasteiger partial charge in [-0.15, -0.1) is 24.0 Å². The van der Waals surface area contributed by atoms with Gasteiger partial charge in [-0.25, -0.2) is 8.42 Å². The molecule has 148 valence electrons. The zero-order valence-corrected chi connectivity index (χ0v) is 18.4. The molecule has 1 N–H and O–H groups in total. The average molecular weight is 497 g/mol. The summed E-state index contributed by atoms with van der Waals surface area (Å²) < 4.78 is 31.2. The molecule has 2 unspecified atom stereocenters. The van der Waals surface area contributed by atoms with Crippen LogP contribution in [0.3, 0.4) is 0 Å². The number of aromatic nitrogens is 1. The first-order chi connectivity index (χ1) is 12.0. The quantitative estimate of drug-likeness (QED) is 0.364. The van der Waals surface area contributed by atoms with Crippen molar-refractivity contribution in [2.24, 2.45) is 10.9 Å². The molecule has 0 spiro atoms. The Morgan fingerprint density at radius 1 is 1.38 bits per heavy atom. The highest BCUT2D eigenvalue weighted by molar-refractivity contribution is 14.0. The Hall–Kier alpha value is -0.880. The van der Waals surface area contributed by atoms with E-state index in [9.17, 15) is 8.42 Å². The van der Waals surface area contributed by atoms with Crippen LogP contribution < -0.4 is 5.32 Å². The summed E-state index contributed by atoms with van der Waals surface area (Å²) in [5.74, 6) is 1.53. The lowest BCUT2D eigenvalue weighted by atomic mass is 10.2. The fourth-order valence-electron chi connectivity index (χ4n) is 3.35. The average Bonchev–Trinajstić information content (AvgIpc) is 3.12. The predicted molar refractivity (Wildman–Crippen MR) is 111 cm³/mol. The molecule has 26 heavy (non-hydrogen) atoms. The largest absolute Gasteiger partial charge is 0.364 e. The van der Waals surface area contributed by atoms with E-state index in [4.69, 9.17) is 4.52 Å². The lowest BCUT2D eigenvalue weighted by molar-refractivity contribution is 0.259. The third kappa shape index (κ3) is 5.32. The van der Waals surface area contributed by atoms with Crippen LogP contribution in [0.25, 0.3) is 0 Å². The Kier molecular flexibility index (Phi) is 7.71. The van der Waals surface area contributed by atoms with Crippen LogP contribution >= 0.6 is 24.0 Å². The molecule has 1 saturated heterocycles. The molecule has 1 saturated carbocycles. The van der Waals surface area contributed by atoms with E-state index < -0.39 is 10.0 Å². The van der Waals surface area contributed by atoms with Crippen molar-refractivity contribution in [3.05, 3.63) is 18.0 Å². The second-order valence-electron chi connectivity index (χ2n) is 6.72. The number of nitrogens with one attached hydrogen (secondary N) is 1. The zero-order chi connectivity index (χ0) is 17.9. The molecule has 1 aromatic heterocycles. The van der Waals surface area contributed by atoms with Crippen molar-refractivity contribution in [2.45, 2.75) is 38.0 Å². The normalized spacial score (nSPS) is 24.2. The van der Waals surface area contributed by atoms with Crippen molar-refractivity contribution in [1.82, 2.24) is 19.7 Å². The Balaban J connectivity index is 0.00000243. The highest BCUT2D eigenvalue weighted by Crippen LogP contribution is 2.34. The summed E-state index contributed by atoms with van der Waals surface area (Å²) in [6, 6.07) is 2.11. The molecule has 0 aromatic carbocycles. The van der Waals surface area contributed by atoms with Crippen LogP contribution in [-0.2, 0) is 15.8 Å². The Morgan fingerprint density at radius 3 is 2.69 bits per heavy atom. The minimum absolute atomic E-state index is 0. The van der Waals surface area contributed by atoms with Gasteiger partial charge in [0.15, 0.2) is 5.96 Å². The van der Waals surface area contributed by atoms with Gasteiger partial charge >= 0.3 is 0 Å². The Labute approximate surface area is 172 Å². The van der Waals surface area contributed by atoms with Crippen molar-refractivity contribution in [2.75, 3.05) is 33.2 Å². The third-order valence-electron chi connectivity index (χ3n) is 4.86. The van der Waals surface area contributed by atoms with E-state index in [1.807, 2.05) is 0 Å². The molecule has 2 aliphatic rings. The van der Waals surface area contributed by atoms with Crippen LogP contribution in [0.4, 0.5) is 0 Å². The number of sulfonamides is 1. The lowest BCUT2D eigenvalue weighted by Crippen LogP contribution is -2.54. The molecule has 2 fully saturated rings. The van der Waals surface area contributed by atoms with E-state index in [0.717, 1.165) is 11.9 Å². The number of hydrogen-bond acceptors (Lipinski definition) is 5. The number of halogens is 1. The topological polar surface area (TPSA) is 91.0 Å². The lowest BCUT2D eigenvalue weighted by Gasteiger charge is -2.35. The van der Waals surface area contributed by atoms with Crippen LogP contribution in [-0.4, -0.2) is 68.0 Å². The van der Waals surface area contributed by atoms with Crippen molar-refractivity contribution >= 4 is 40.0 Å². The summed E-state index contributed by atoms with van der Waals surface area (Å²) in [6.45, 7) is 4.42. The van der Waals surface area contributed by atoms with E-state index in [2.05, 4.69) is 27.3 Å². The molecule has 0 bridgehead atoms. The predicted octanol–water partition coefficient (Wildman–Crippen LogP) is 1.50. The minimum atomic E-state index is -3.37. The van der Waals surface area contributed by atoms with Crippen molar-refractivity contribution in [3.8, 4) is 0 Å². The molecular weight excluding hydrogens is 469 g/mol. The van der Waals surface area contributed by atoms with Crippen LogP contribution in [0.15, 0.2) is 21.8 Å². The van der Waals surface area contributed by atoms with Gasteiger partial charge in [-0.2, -0.15) is 4.31 Å². The molecule has 2 heterocycles. The first kappa shape index (κ1) is 21.4. The van der Waals surface area contributed by atoms with Crippen LogP contribution in [0.1, 0.15) is 31.9 Å². The van der Waals surface area contributed by atoms with E-state index >= 15 is 0 Å². The van der Waals surface area contributed by atoms with Gasteiger partial charge in [0.2, 0.25) is 10.0 Å². The van der Waals surface area contributed by atoms with Crippen LogP contribution in [0, 0.1) is 5.92 Å². The number of aliphatic imine (C=N–C) groups is 1. The highest BCUT2D eigenvalue weighted by Gasteiger charge is 2.38. The number of piperazine rings is 1. The number of hydrogen-bond donors (Lipinski definition) is 1. The first-order valence-corrected chi connectivity index (χ1v) is 10.5. The molecule has 3 rings (SSSR count). The van der Waals surface area contributed by atoms with Gasteiger partial charge in [-0.05, 0) is 18.8 Å². The molecule has 2 atom stereocenters. The monoisotopic (exact) mass is 497 g/mol. The molecule has 0 amide bonds. The summed E-state index contributed by atoms with van der Waals surface area (Å²) in [4.78, 5) is 6.52. The molecular formula is C16H28IN5O3S. The Morgan fingerprint density at radius 2 is 2.12 bits per heavy atom. The van der Waals surface area contributed by atoms with Crippen molar-refractivity contribution in [3.63, 3.8) is 0 Å². The Bertz CT molecular complexity index is 687. The maximum absolute atomic E-state index is 12.5. The maximum atomic E-state index is 12.5. The number of guanidine groups is 1. The highest BCUT2D eigenvalue weighted by atomic mass is 127. The fraction of sp³-hybridized carbons (Fsp3) is 0.750. The third-order valence-corrected chi connectivity index (χ3v) is 6.67. The van der Waals surface area contributed by atoms with E-state index in [1.54, 1.807) is 13.1 Å². The molecule has 0 radical (unpaired) electrons. The van der Waals surface area contributed by atoms with Gasteiger partial charge in [-0.3, -0.25) is 4.99 Å². The molecule has 1 aromatic rings. The fourth-order valence-corrected chi connectivity index (χ4v) is 4.77. The minimum Gasteiger partial charge on any atom is -0.364 e. The van der Waals surface area contributed by atoms with Crippen molar-refractivity contribution in [1.29, 1.82) is 0 Å². The van der Waals surface area contributed by atoms with Gasteiger partial charge in [0.25, 0.3) is 0 Å². The summed E-state index contributed by atoms with van der Waals surface area (Å²) in [7, 11) is -1.58. The van der Waals surface area contributed by atoms with Gasteiger partial charge in [-0.1, -0.05) is 18.5 Å². The van der Waals surface area contributed by atoms with Gasteiger partial charge in [0, 0.05) is 45.3 Å². The van der Waals surface area contributed by atoms with E-state index in [1.165, 1.54) is 29.8 Å². The van der Waals surface area contributed by atoms with E-state index in [-0.39, 0.29) is 29.7 Å². The maximum Gasteiger partial charge on any atom is 0.220 e.